The van der Waals surface area contributed by atoms with Crippen molar-refractivity contribution in [1.82, 2.24) is 10.1 Å². The second-order valence-electron chi connectivity index (χ2n) is 12.9. The smallest absolute Gasteiger partial charge is 0.415 e. The van der Waals surface area contributed by atoms with Gasteiger partial charge in [-0.05, 0) is 65.4 Å². The van der Waals surface area contributed by atoms with E-state index in [4.69, 9.17) is 33.2 Å². The van der Waals surface area contributed by atoms with E-state index in [1.807, 2.05) is 31.3 Å². The van der Waals surface area contributed by atoms with Crippen molar-refractivity contribution in [3.05, 3.63) is 82.1 Å². The molecule has 280 valence electrons. The Morgan fingerprint density at radius 3 is 2.52 bits per heavy atom. The fourth-order valence-electron chi connectivity index (χ4n) is 7.30. The Bertz CT molecular complexity index is 2280. The first kappa shape index (κ1) is 35.1. The summed E-state index contributed by atoms with van der Waals surface area (Å²) in [5.74, 6) is 6.11. The van der Waals surface area contributed by atoms with Crippen LogP contribution in [0, 0.1) is 17.0 Å². The van der Waals surface area contributed by atoms with Crippen LogP contribution in [0.1, 0.15) is 53.5 Å². The van der Waals surface area contributed by atoms with Gasteiger partial charge < -0.3 is 38.4 Å². The number of rotatable bonds is 10. The van der Waals surface area contributed by atoms with Gasteiger partial charge in [-0.1, -0.05) is 36.1 Å². The molecule has 1 aromatic heterocycles. The largest absolute Gasteiger partial charge is 0.461 e. The number of esters is 2. The molecule has 0 saturated heterocycles. The molecule has 0 N–H and O–H groups in total. The molecule has 16 nitrogen and oxygen atoms in total. The normalized spacial score (nSPS) is 19.1. The Morgan fingerprint density at radius 1 is 0.944 bits per heavy atom. The van der Waals surface area contributed by atoms with Crippen molar-refractivity contribution >= 4 is 21.8 Å². The minimum Gasteiger partial charge on any atom is -0.461 e. The van der Waals surface area contributed by atoms with E-state index in [1.54, 1.807) is 6.07 Å². The molecule has 0 unspecified atom stereocenters. The first-order chi connectivity index (χ1) is 26.2. The van der Waals surface area contributed by atoms with Crippen molar-refractivity contribution < 1.29 is 60.7 Å². The molecule has 1 aliphatic carbocycles. The van der Waals surface area contributed by atoms with Gasteiger partial charge in [0.25, 0.3) is 9.84 Å². The SMILES string of the molecule is CN1Cc2c(ccc3c2OCO3)[C@H]2[C@@H](OC(=O)CCCC(=O)OCC#CCOc3no[n+]([O-])c3S(=O)(=O)c3ccccc3)Cc3cc4c(cc3[C@H]21)OCO4. The molecule has 0 amide bonds. The highest BCUT2D eigenvalue weighted by Gasteiger charge is 2.47. The zero-order chi connectivity index (χ0) is 37.4. The molecule has 4 aromatic rings. The average Bonchev–Trinajstić information content (AvgIpc) is 3.92. The molecule has 0 bridgehead atoms. The Balaban J connectivity index is 0.855. The van der Waals surface area contributed by atoms with E-state index < -0.39 is 38.8 Å². The van der Waals surface area contributed by atoms with Crippen molar-refractivity contribution in [3.8, 4) is 40.7 Å². The lowest BCUT2D eigenvalue weighted by Gasteiger charge is -2.47. The minimum atomic E-state index is -4.28. The van der Waals surface area contributed by atoms with Gasteiger partial charge in [0.1, 0.15) is 6.10 Å². The monoisotopic (exact) mass is 759 g/mol. The maximum absolute atomic E-state index is 13.3. The lowest BCUT2D eigenvalue weighted by atomic mass is 9.70. The third-order valence-electron chi connectivity index (χ3n) is 9.65. The summed E-state index contributed by atoms with van der Waals surface area (Å²) >= 11 is 0. The Labute approximate surface area is 308 Å². The maximum Gasteiger partial charge on any atom is 0.415 e. The number of ether oxygens (including phenoxy) is 7. The molecular weight excluding hydrogens is 726 g/mol. The number of sulfone groups is 1. The molecule has 4 heterocycles. The summed E-state index contributed by atoms with van der Waals surface area (Å²) in [4.78, 5) is 27.5. The lowest BCUT2D eigenvalue weighted by molar-refractivity contribution is -0.832. The van der Waals surface area contributed by atoms with Crippen molar-refractivity contribution in [2.45, 2.75) is 60.2 Å². The predicted molar refractivity (Wildman–Crippen MR) is 181 cm³/mol. The standard InChI is InChI=1S/C37H33N3O13S/c1-39-19-26-24(12-13-27-35(26)51-21-48-27)33-30(17-22-16-28-29(50-20-49-28)18-25(22)34(33)39)52-32(42)11-7-10-31(41)46-14-5-6-15-47-36-37(40(43)53-38-36)54(44,45)23-8-3-2-4-9-23/h2-4,8-9,12-13,16,18,30,33-34H,7,10-11,14-15,17,19-21H2,1H3/t30-,33-,34+/m0/s1. The Kier molecular flexibility index (Phi) is 9.38. The van der Waals surface area contributed by atoms with Crippen molar-refractivity contribution in [1.29, 1.82) is 0 Å². The van der Waals surface area contributed by atoms with Gasteiger partial charge >= 0.3 is 22.8 Å². The first-order valence-corrected chi connectivity index (χ1v) is 18.5. The van der Waals surface area contributed by atoms with Crippen molar-refractivity contribution in [3.63, 3.8) is 0 Å². The second kappa shape index (κ2) is 14.4. The zero-order valence-electron chi connectivity index (χ0n) is 28.8. The molecular formula is C37H33N3O13S. The summed E-state index contributed by atoms with van der Waals surface area (Å²) in [7, 11) is -2.24. The van der Waals surface area contributed by atoms with Crippen LogP contribution in [-0.2, 0) is 41.9 Å². The predicted octanol–water partition coefficient (Wildman–Crippen LogP) is 3.13. The summed E-state index contributed by atoms with van der Waals surface area (Å²) in [6.07, 6.45) is 0.0928. The molecule has 3 atom stereocenters. The molecule has 17 heteroatoms. The highest BCUT2D eigenvalue weighted by atomic mass is 32.2. The van der Waals surface area contributed by atoms with Crippen LogP contribution in [0.3, 0.4) is 0 Å². The Hall–Kier alpha value is -5.99. The Morgan fingerprint density at radius 2 is 1.69 bits per heavy atom. The molecule has 54 heavy (non-hydrogen) atoms. The van der Waals surface area contributed by atoms with E-state index in [9.17, 15) is 23.2 Å². The number of aromatic nitrogens is 2. The number of likely N-dealkylation sites (N-methyl/N-ethyl adjacent to an activating group) is 1. The van der Waals surface area contributed by atoms with Crippen LogP contribution < -0.4 is 28.6 Å². The van der Waals surface area contributed by atoms with Gasteiger partial charge in [0, 0.05) is 43.3 Å². The van der Waals surface area contributed by atoms with Crippen LogP contribution in [0.5, 0.6) is 28.9 Å². The summed E-state index contributed by atoms with van der Waals surface area (Å²) in [6, 6.07) is 15.1. The zero-order valence-corrected chi connectivity index (χ0v) is 29.7. The molecule has 3 aliphatic heterocycles. The van der Waals surface area contributed by atoms with Crippen LogP contribution in [0.4, 0.5) is 0 Å². The average molecular weight is 760 g/mol. The van der Waals surface area contributed by atoms with E-state index in [0.29, 0.717) is 36.0 Å². The molecule has 8 rings (SSSR count). The van der Waals surface area contributed by atoms with Gasteiger partial charge in [0.15, 0.2) is 36.2 Å². The second-order valence-corrected chi connectivity index (χ2v) is 14.8. The van der Waals surface area contributed by atoms with E-state index in [0.717, 1.165) is 22.3 Å². The fourth-order valence-corrected chi connectivity index (χ4v) is 8.59. The van der Waals surface area contributed by atoms with E-state index in [2.05, 4.69) is 26.5 Å². The summed E-state index contributed by atoms with van der Waals surface area (Å²) in [5, 5.41) is 14.6. The summed E-state index contributed by atoms with van der Waals surface area (Å²) in [6.45, 7) is 0.258. The van der Waals surface area contributed by atoms with Gasteiger partial charge in [-0.2, -0.15) is 0 Å². The topological polar surface area (TPSA) is 189 Å². The summed E-state index contributed by atoms with van der Waals surface area (Å²) < 4.78 is 69.6. The first-order valence-electron chi connectivity index (χ1n) is 17.1. The lowest BCUT2D eigenvalue weighted by Crippen LogP contribution is -2.45. The number of carbonyl (C=O) groups is 2. The quantitative estimate of drug-likeness (QED) is 0.130. The van der Waals surface area contributed by atoms with Crippen LogP contribution in [-0.4, -0.2) is 70.4 Å². The molecule has 0 spiro atoms. The molecule has 0 radical (unpaired) electrons. The van der Waals surface area contributed by atoms with E-state index in [1.165, 1.54) is 24.3 Å². The van der Waals surface area contributed by atoms with Crippen LogP contribution in [0.15, 0.2) is 69.1 Å². The van der Waals surface area contributed by atoms with Crippen molar-refractivity contribution in [2.75, 3.05) is 33.8 Å². The van der Waals surface area contributed by atoms with Crippen LogP contribution in [0.2, 0.25) is 0 Å². The van der Waals surface area contributed by atoms with E-state index >= 15 is 0 Å². The van der Waals surface area contributed by atoms with Crippen LogP contribution >= 0.6 is 0 Å². The highest BCUT2D eigenvalue weighted by molar-refractivity contribution is 7.91. The van der Waals surface area contributed by atoms with E-state index in [-0.39, 0.29) is 67.8 Å². The number of carbonyl (C=O) groups excluding carboxylic acids is 2. The molecule has 0 fully saturated rings. The third-order valence-corrected chi connectivity index (χ3v) is 11.4. The minimum absolute atomic E-state index is 0.00796. The number of fused-ring (bicyclic) bond motifs is 8. The molecule has 0 saturated carbocycles. The third kappa shape index (κ3) is 6.58. The highest BCUT2D eigenvalue weighted by Crippen LogP contribution is 2.54. The van der Waals surface area contributed by atoms with Gasteiger partial charge in [-0.25, -0.2) is 8.42 Å². The number of benzene rings is 3. The van der Waals surface area contributed by atoms with Gasteiger partial charge in [-0.3, -0.25) is 19.1 Å². The fraction of sp³-hybridized carbons (Fsp3) is 0.351. The van der Waals surface area contributed by atoms with Gasteiger partial charge in [0.05, 0.1) is 10.1 Å². The number of hydrogen-bond acceptors (Lipinski definition) is 15. The van der Waals surface area contributed by atoms with Crippen molar-refractivity contribution in [2.24, 2.45) is 0 Å². The van der Waals surface area contributed by atoms with Gasteiger partial charge in [-0.15, -0.1) is 0 Å². The number of nitrogens with zero attached hydrogens (tertiary/aromatic N) is 3. The molecule has 4 aliphatic rings. The maximum atomic E-state index is 13.3. The van der Waals surface area contributed by atoms with Gasteiger partial charge in [0.2, 0.25) is 13.6 Å². The molecule has 3 aromatic carbocycles. The van der Waals surface area contributed by atoms with Crippen LogP contribution in [0.25, 0.3) is 0 Å². The summed E-state index contributed by atoms with van der Waals surface area (Å²) in [5.41, 5.74) is 4.14. The number of hydrogen-bond donors (Lipinski definition) is 0.